The highest BCUT2D eigenvalue weighted by atomic mass is 35.5. The third kappa shape index (κ3) is 6.74. The van der Waals surface area contributed by atoms with Crippen molar-refractivity contribution in [2.24, 2.45) is 5.92 Å². The molecule has 1 aliphatic rings. The Bertz CT molecular complexity index is 565. The van der Waals surface area contributed by atoms with Crippen molar-refractivity contribution in [1.29, 1.82) is 0 Å². The van der Waals surface area contributed by atoms with Gasteiger partial charge in [0.15, 0.2) is 0 Å². The maximum absolute atomic E-state index is 12.4. The first-order valence-corrected chi connectivity index (χ1v) is 8.73. The molecule has 0 radical (unpaired) electrons. The molecule has 0 bridgehead atoms. The molecular formula is C17H23ClF3N3O. The van der Waals surface area contributed by atoms with Gasteiger partial charge in [0.25, 0.3) is 0 Å². The summed E-state index contributed by atoms with van der Waals surface area (Å²) >= 11 is 5.87. The molecule has 1 aliphatic heterocycles. The largest absolute Gasteiger partial charge is 0.401 e. The standard InChI is InChI=1S/C17H23ClF3N3O/c1-2-15(13-3-5-14(18)6-4-13)23-16(25)22-9-12-7-8-24(10-12)11-17(19,20)21/h3-6,12,15H,2,7-11H2,1H3,(H2,22,23,25)/t12-,15+/m0/s1. The predicted octanol–water partition coefficient (Wildman–Crippen LogP) is 3.97. The van der Waals surface area contributed by atoms with Crippen LogP contribution in [0.15, 0.2) is 24.3 Å². The van der Waals surface area contributed by atoms with Crippen molar-refractivity contribution in [3.63, 3.8) is 0 Å². The molecule has 0 unspecified atom stereocenters. The van der Waals surface area contributed by atoms with Gasteiger partial charge in [-0.25, -0.2) is 4.79 Å². The van der Waals surface area contributed by atoms with Crippen molar-refractivity contribution in [3.8, 4) is 0 Å². The van der Waals surface area contributed by atoms with Crippen molar-refractivity contribution in [3.05, 3.63) is 34.9 Å². The molecule has 2 rings (SSSR count). The molecule has 1 saturated heterocycles. The van der Waals surface area contributed by atoms with E-state index in [0.29, 0.717) is 31.1 Å². The van der Waals surface area contributed by atoms with Crippen molar-refractivity contribution in [2.75, 3.05) is 26.2 Å². The topological polar surface area (TPSA) is 44.4 Å². The van der Waals surface area contributed by atoms with Gasteiger partial charge in [-0.1, -0.05) is 30.7 Å². The first-order chi connectivity index (χ1) is 11.8. The number of amides is 2. The lowest BCUT2D eigenvalue weighted by Crippen LogP contribution is -2.40. The van der Waals surface area contributed by atoms with E-state index in [9.17, 15) is 18.0 Å². The second-order valence-electron chi connectivity index (χ2n) is 6.37. The number of nitrogens with zero attached hydrogens (tertiary/aromatic N) is 1. The maximum Gasteiger partial charge on any atom is 0.401 e. The van der Waals surface area contributed by atoms with Crippen molar-refractivity contribution >= 4 is 17.6 Å². The summed E-state index contributed by atoms with van der Waals surface area (Å²) in [7, 11) is 0. The van der Waals surface area contributed by atoms with E-state index < -0.39 is 12.7 Å². The van der Waals surface area contributed by atoms with E-state index in [4.69, 9.17) is 11.6 Å². The summed E-state index contributed by atoms with van der Waals surface area (Å²) in [5, 5.41) is 6.29. The first-order valence-electron chi connectivity index (χ1n) is 8.35. The van der Waals surface area contributed by atoms with Crippen LogP contribution in [0.1, 0.15) is 31.4 Å². The number of benzene rings is 1. The van der Waals surface area contributed by atoms with Gasteiger partial charge < -0.3 is 10.6 Å². The summed E-state index contributed by atoms with van der Waals surface area (Å²) in [5.41, 5.74) is 0.958. The van der Waals surface area contributed by atoms with E-state index in [1.807, 2.05) is 19.1 Å². The number of hydrogen-bond donors (Lipinski definition) is 2. The molecule has 2 atom stereocenters. The van der Waals surface area contributed by atoms with Crippen LogP contribution in [0.25, 0.3) is 0 Å². The molecule has 1 aromatic carbocycles. The molecule has 2 N–H and O–H groups in total. The van der Waals surface area contributed by atoms with Gasteiger partial charge in [-0.05, 0) is 43.0 Å². The minimum absolute atomic E-state index is 0.0451. The lowest BCUT2D eigenvalue weighted by Gasteiger charge is -2.20. The monoisotopic (exact) mass is 377 g/mol. The molecule has 4 nitrogen and oxygen atoms in total. The lowest BCUT2D eigenvalue weighted by atomic mass is 10.1. The fourth-order valence-electron chi connectivity index (χ4n) is 3.04. The van der Waals surface area contributed by atoms with Crippen LogP contribution in [-0.4, -0.2) is 43.3 Å². The van der Waals surface area contributed by atoms with Crippen molar-refractivity contribution < 1.29 is 18.0 Å². The van der Waals surface area contributed by atoms with Crippen LogP contribution in [0, 0.1) is 5.92 Å². The number of halogens is 4. The molecule has 2 amide bonds. The molecule has 25 heavy (non-hydrogen) atoms. The van der Waals surface area contributed by atoms with Gasteiger partial charge in [0.1, 0.15) is 0 Å². The predicted molar refractivity (Wildman–Crippen MR) is 91.6 cm³/mol. The Morgan fingerprint density at radius 1 is 1.36 bits per heavy atom. The Morgan fingerprint density at radius 3 is 2.64 bits per heavy atom. The lowest BCUT2D eigenvalue weighted by molar-refractivity contribution is -0.143. The summed E-state index contributed by atoms with van der Waals surface area (Å²) in [6.45, 7) is 2.22. The number of carbonyl (C=O) groups excluding carboxylic acids is 1. The number of urea groups is 1. The highest BCUT2D eigenvalue weighted by molar-refractivity contribution is 6.30. The quantitative estimate of drug-likeness (QED) is 0.787. The van der Waals surface area contributed by atoms with E-state index in [1.54, 1.807) is 12.1 Å². The normalized spacial score (nSPS) is 19.6. The molecule has 1 aromatic rings. The van der Waals surface area contributed by atoms with Crippen molar-refractivity contribution in [1.82, 2.24) is 15.5 Å². The highest BCUT2D eigenvalue weighted by Gasteiger charge is 2.34. The van der Waals surface area contributed by atoms with Crippen LogP contribution in [0.3, 0.4) is 0 Å². The molecular weight excluding hydrogens is 355 g/mol. The van der Waals surface area contributed by atoms with Crippen molar-refractivity contribution in [2.45, 2.75) is 32.0 Å². The number of carbonyl (C=O) groups is 1. The third-order valence-electron chi connectivity index (χ3n) is 4.31. The van der Waals surface area contributed by atoms with Crippen LogP contribution in [0.5, 0.6) is 0 Å². The molecule has 1 heterocycles. The van der Waals surface area contributed by atoms with Crippen LogP contribution in [0.2, 0.25) is 5.02 Å². The molecule has 0 aliphatic carbocycles. The average molecular weight is 378 g/mol. The number of rotatable bonds is 6. The zero-order valence-corrected chi connectivity index (χ0v) is 14.8. The van der Waals surface area contributed by atoms with E-state index >= 15 is 0 Å². The smallest absolute Gasteiger partial charge is 0.338 e. The van der Waals surface area contributed by atoms with Gasteiger partial charge in [-0.3, -0.25) is 4.90 Å². The molecule has 8 heteroatoms. The van der Waals surface area contributed by atoms with Gasteiger partial charge in [0.2, 0.25) is 0 Å². The second-order valence-corrected chi connectivity index (χ2v) is 6.81. The van der Waals surface area contributed by atoms with E-state index in [-0.39, 0.29) is 18.0 Å². The molecule has 1 fully saturated rings. The Hall–Kier alpha value is -1.47. The molecule has 0 aromatic heterocycles. The van der Waals surface area contributed by atoms with E-state index in [0.717, 1.165) is 12.0 Å². The fraction of sp³-hybridized carbons (Fsp3) is 0.588. The average Bonchev–Trinajstić information content (AvgIpc) is 2.97. The van der Waals surface area contributed by atoms with Gasteiger partial charge in [0, 0.05) is 18.1 Å². The van der Waals surface area contributed by atoms with Gasteiger partial charge in [-0.2, -0.15) is 13.2 Å². The summed E-state index contributed by atoms with van der Waals surface area (Å²) in [6.07, 6.45) is -2.80. The second kappa shape index (κ2) is 8.76. The van der Waals surface area contributed by atoms with Gasteiger partial charge >= 0.3 is 12.2 Å². The molecule has 0 saturated carbocycles. The summed E-state index contributed by atoms with van der Waals surface area (Å²) < 4.78 is 37.2. The first kappa shape index (κ1) is 19.8. The van der Waals surface area contributed by atoms with Crippen LogP contribution in [0.4, 0.5) is 18.0 Å². The minimum atomic E-state index is -4.17. The zero-order chi connectivity index (χ0) is 18.4. The Balaban J connectivity index is 1.75. The number of nitrogens with one attached hydrogen (secondary N) is 2. The Kier molecular flexibility index (Phi) is 6.95. The number of alkyl halides is 3. The Morgan fingerprint density at radius 2 is 2.04 bits per heavy atom. The third-order valence-corrected chi connectivity index (χ3v) is 4.56. The van der Waals surface area contributed by atoms with Crippen LogP contribution in [-0.2, 0) is 0 Å². The Labute approximate surface area is 150 Å². The van der Waals surface area contributed by atoms with Gasteiger partial charge in [-0.15, -0.1) is 0 Å². The van der Waals surface area contributed by atoms with Gasteiger partial charge in [0.05, 0.1) is 12.6 Å². The van der Waals surface area contributed by atoms with Crippen LogP contribution < -0.4 is 10.6 Å². The minimum Gasteiger partial charge on any atom is -0.338 e. The highest BCUT2D eigenvalue weighted by Crippen LogP contribution is 2.22. The van der Waals surface area contributed by atoms with E-state index in [1.165, 1.54) is 4.90 Å². The number of likely N-dealkylation sites (tertiary alicyclic amines) is 1. The summed E-state index contributed by atoms with van der Waals surface area (Å²) in [4.78, 5) is 13.5. The summed E-state index contributed by atoms with van der Waals surface area (Å²) in [5.74, 6) is 0.0451. The van der Waals surface area contributed by atoms with E-state index in [2.05, 4.69) is 10.6 Å². The maximum atomic E-state index is 12.4. The zero-order valence-electron chi connectivity index (χ0n) is 14.1. The summed E-state index contributed by atoms with van der Waals surface area (Å²) in [6, 6.07) is 6.82. The SMILES string of the molecule is CC[C@@H](NC(=O)NC[C@@H]1CCN(CC(F)(F)F)C1)c1ccc(Cl)cc1. The molecule has 0 spiro atoms. The van der Waals surface area contributed by atoms with Crippen LogP contribution >= 0.6 is 11.6 Å². The fourth-order valence-corrected chi connectivity index (χ4v) is 3.17. The number of hydrogen-bond acceptors (Lipinski definition) is 2. The molecule has 140 valence electrons.